The Hall–Kier alpha value is -2.28. The molecule has 8 heteroatoms. The van der Waals surface area contributed by atoms with Crippen molar-refractivity contribution in [2.24, 2.45) is 5.41 Å². The summed E-state index contributed by atoms with van der Waals surface area (Å²) in [7, 11) is 0. The van der Waals surface area contributed by atoms with Crippen molar-refractivity contribution in [1.29, 1.82) is 0 Å². The van der Waals surface area contributed by atoms with Gasteiger partial charge in [-0.25, -0.2) is 0 Å². The monoisotopic (exact) mass is 361 g/mol. The molecular weight excluding hydrogens is 342 g/mol. The number of rotatable bonds is 4. The van der Waals surface area contributed by atoms with Crippen molar-refractivity contribution in [3.63, 3.8) is 0 Å². The van der Waals surface area contributed by atoms with Gasteiger partial charge in [0.05, 0.1) is 12.1 Å². The number of carbonyl (C=O) groups is 1. The molecular formula is C17H20ClN5O2. The number of halogens is 1. The second kappa shape index (κ2) is 6.22. The van der Waals surface area contributed by atoms with Gasteiger partial charge < -0.3 is 20.4 Å². The second-order valence-electron chi connectivity index (χ2n) is 6.88. The molecule has 3 N–H and O–H groups in total. The minimum atomic E-state index is 0.0567. The van der Waals surface area contributed by atoms with E-state index in [1.807, 2.05) is 4.90 Å². The van der Waals surface area contributed by atoms with E-state index in [0.29, 0.717) is 21.7 Å². The van der Waals surface area contributed by atoms with Crippen LogP contribution in [-0.2, 0) is 4.79 Å². The van der Waals surface area contributed by atoms with Crippen LogP contribution in [0.4, 0.5) is 11.7 Å². The first-order valence-electron chi connectivity index (χ1n) is 8.45. The van der Waals surface area contributed by atoms with E-state index in [1.54, 1.807) is 18.2 Å². The number of nitrogens with two attached hydrogens (primary N) is 1. The third-order valence-electron chi connectivity index (χ3n) is 5.19. The van der Waals surface area contributed by atoms with Gasteiger partial charge in [0, 0.05) is 23.8 Å². The van der Waals surface area contributed by atoms with Crippen molar-refractivity contribution in [1.82, 2.24) is 15.1 Å². The summed E-state index contributed by atoms with van der Waals surface area (Å²) in [5.74, 6) is 0.346. The van der Waals surface area contributed by atoms with Crippen LogP contribution < -0.4 is 11.1 Å². The zero-order valence-electron chi connectivity index (χ0n) is 13.8. The smallest absolute Gasteiger partial charge is 0.316 e. The summed E-state index contributed by atoms with van der Waals surface area (Å²) in [6, 6.07) is 5.26. The lowest BCUT2D eigenvalue weighted by Gasteiger charge is -2.32. The van der Waals surface area contributed by atoms with Crippen LogP contribution in [0.2, 0.25) is 5.02 Å². The number of nitrogen functional groups attached to an aromatic ring is 1. The van der Waals surface area contributed by atoms with Crippen LogP contribution in [0.25, 0.3) is 11.5 Å². The molecule has 1 aliphatic carbocycles. The lowest BCUT2D eigenvalue weighted by Crippen LogP contribution is -2.41. The number of amides is 1. The van der Waals surface area contributed by atoms with Crippen LogP contribution in [0.15, 0.2) is 22.6 Å². The predicted octanol–water partition coefficient (Wildman–Crippen LogP) is 2.79. The quantitative estimate of drug-likeness (QED) is 0.813. The van der Waals surface area contributed by atoms with Crippen molar-refractivity contribution >= 4 is 29.2 Å². The van der Waals surface area contributed by atoms with Crippen LogP contribution in [0, 0.1) is 5.41 Å². The van der Waals surface area contributed by atoms with Crippen molar-refractivity contribution in [2.45, 2.75) is 25.7 Å². The molecule has 0 bridgehead atoms. The summed E-state index contributed by atoms with van der Waals surface area (Å²) in [6.07, 6.45) is 4.90. The van der Waals surface area contributed by atoms with Crippen LogP contribution in [0.5, 0.6) is 0 Å². The number of anilines is 2. The Balaban J connectivity index is 1.34. The molecule has 2 aliphatic rings. The maximum atomic E-state index is 12.3. The SMILES string of the molecule is Nc1cc(Cl)ccc1-c1nnc(NCC(=O)N2CCC3(CC2)CC3)o1. The Labute approximate surface area is 150 Å². The maximum absolute atomic E-state index is 12.3. The average Bonchev–Trinajstić information content (AvgIpc) is 3.18. The summed E-state index contributed by atoms with van der Waals surface area (Å²) in [4.78, 5) is 14.2. The van der Waals surface area contributed by atoms with E-state index in [2.05, 4.69) is 15.5 Å². The fourth-order valence-corrected chi connectivity index (χ4v) is 3.48. The summed E-state index contributed by atoms with van der Waals surface area (Å²) in [5.41, 5.74) is 7.55. The van der Waals surface area contributed by atoms with Crippen LogP contribution in [0.3, 0.4) is 0 Å². The molecule has 1 aromatic carbocycles. The third kappa shape index (κ3) is 3.42. The van der Waals surface area contributed by atoms with Crippen LogP contribution in [0.1, 0.15) is 25.7 Å². The largest absolute Gasteiger partial charge is 0.403 e. The van der Waals surface area contributed by atoms with Gasteiger partial charge in [0.2, 0.25) is 5.91 Å². The van der Waals surface area contributed by atoms with Crippen molar-refractivity contribution < 1.29 is 9.21 Å². The molecule has 1 amide bonds. The van der Waals surface area contributed by atoms with Gasteiger partial charge in [0.25, 0.3) is 5.89 Å². The summed E-state index contributed by atoms with van der Waals surface area (Å²) in [6.45, 7) is 1.83. The van der Waals surface area contributed by atoms with E-state index in [9.17, 15) is 4.79 Å². The van der Waals surface area contributed by atoms with E-state index < -0.39 is 0 Å². The van der Waals surface area contributed by atoms with Gasteiger partial charge in [-0.1, -0.05) is 16.7 Å². The number of carbonyl (C=O) groups excluding carboxylic acids is 1. The van der Waals surface area contributed by atoms with Gasteiger partial charge in [-0.2, -0.15) is 0 Å². The van der Waals surface area contributed by atoms with E-state index >= 15 is 0 Å². The molecule has 1 aromatic heterocycles. The van der Waals surface area contributed by atoms with Crippen LogP contribution >= 0.6 is 11.6 Å². The molecule has 2 fully saturated rings. The molecule has 7 nitrogen and oxygen atoms in total. The number of likely N-dealkylation sites (tertiary alicyclic amines) is 1. The van der Waals surface area contributed by atoms with Crippen molar-refractivity contribution in [3.8, 4) is 11.5 Å². The molecule has 0 radical (unpaired) electrons. The van der Waals surface area contributed by atoms with Crippen LogP contribution in [-0.4, -0.2) is 40.6 Å². The van der Waals surface area contributed by atoms with Gasteiger partial charge in [-0.15, -0.1) is 5.10 Å². The molecule has 2 heterocycles. The first-order chi connectivity index (χ1) is 12.0. The summed E-state index contributed by atoms with van der Waals surface area (Å²) < 4.78 is 5.54. The Morgan fingerprint density at radius 3 is 2.72 bits per heavy atom. The summed E-state index contributed by atoms with van der Waals surface area (Å²) in [5, 5.41) is 11.3. The van der Waals surface area contributed by atoms with E-state index in [4.69, 9.17) is 21.8 Å². The Kier molecular flexibility index (Phi) is 4.03. The molecule has 1 spiro atoms. The van der Waals surface area contributed by atoms with E-state index in [0.717, 1.165) is 25.9 Å². The molecule has 1 saturated carbocycles. The first-order valence-corrected chi connectivity index (χ1v) is 8.83. The average molecular weight is 362 g/mol. The number of aromatic nitrogens is 2. The Bertz CT molecular complexity index is 792. The number of hydrogen-bond donors (Lipinski definition) is 2. The Morgan fingerprint density at radius 1 is 1.28 bits per heavy atom. The van der Waals surface area contributed by atoms with Gasteiger partial charge in [0.15, 0.2) is 0 Å². The highest BCUT2D eigenvalue weighted by Crippen LogP contribution is 2.53. The number of piperidine rings is 1. The van der Waals surface area contributed by atoms with Gasteiger partial charge >= 0.3 is 6.01 Å². The predicted molar refractivity (Wildman–Crippen MR) is 95.1 cm³/mol. The zero-order chi connectivity index (χ0) is 17.4. The first kappa shape index (κ1) is 16.2. The molecule has 25 heavy (non-hydrogen) atoms. The molecule has 132 valence electrons. The fourth-order valence-electron chi connectivity index (χ4n) is 3.30. The topological polar surface area (TPSA) is 97.3 Å². The minimum Gasteiger partial charge on any atom is -0.403 e. The van der Waals surface area contributed by atoms with Gasteiger partial charge in [-0.3, -0.25) is 4.79 Å². The lowest BCUT2D eigenvalue weighted by atomic mass is 9.94. The van der Waals surface area contributed by atoms with E-state index in [1.165, 1.54) is 12.8 Å². The highest BCUT2D eigenvalue weighted by atomic mass is 35.5. The number of nitrogens with zero attached hydrogens (tertiary/aromatic N) is 3. The zero-order valence-corrected chi connectivity index (χ0v) is 14.6. The normalized spacial score (nSPS) is 18.4. The summed E-state index contributed by atoms with van der Waals surface area (Å²) >= 11 is 5.89. The standard InChI is InChI=1S/C17H20ClN5O2/c18-11-1-2-12(13(19)9-11)15-21-22-16(25-15)20-10-14(24)23-7-5-17(3-4-17)6-8-23/h1-2,9H,3-8,10,19H2,(H,20,22). The maximum Gasteiger partial charge on any atom is 0.316 e. The molecule has 1 saturated heterocycles. The van der Waals surface area contributed by atoms with Crippen molar-refractivity contribution in [2.75, 3.05) is 30.7 Å². The number of nitrogens with one attached hydrogen (secondary N) is 1. The molecule has 4 rings (SSSR count). The number of benzene rings is 1. The highest BCUT2D eigenvalue weighted by molar-refractivity contribution is 6.31. The third-order valence-corrected chi connectivity index (χ3v) is 5.43. The molecule has 0 unspecified atom stereocenters. The Morgan fingerprint density at radius 2 is 2.04 bits per heavy atom. The second-order valence-corrected chi connectivity index (χ2v) is 7.31. The van der Waals surface area contributed by atoms with E-state index in [-0.39, 0.29) is 24.4 Å². The molecule has 0 atom stereocenters. The molecule has 1 aliphatic heterocycles. The van der Waals surface area contributed by atoms with Gasteiger partial charge in [0.1, 0.15) is 0 Å². The fraction of sp³-hybridized carbons (Fsp3) is 0.471. The highest BCUT2D eigenvalue weighted by Gasteiger charge is 2.44. The van der Waals surface area contributed by atoms with Gasteiger partial charge in [-0.05, 0) is 49.3 Å². The lowest BCUT2D eigenvalue weighted by molar-refractivity contribution is -0.130. The molecule has 2 aromatic rings. The minimum absolute atomic E-state index is 0.0567. The number of hydrogen-bond acceptors (Lipinski definition) is 6. The van der Waals surface area contributed by atoms with Crippen molar-refractivity contribution in [3.05, 3.63) is 23.2 Å².